The molecule has 2 atom stereocenters. The highest BCUT2D eigenvalue weighted by Crippen LogP contribution is 2.27. The van der Waals surface area contributed by atoms with Crippen LogP contribution in [-0.4, -0.2) is 17.8 Å². The second-order valence-electron chi connectivity index (χ2n) is 5.35. The van der Waals surface area contributed by atoms with Crippen molar-refractivity contribution in [3.8, 4) is 0 Å². The van der Waals surface area contributed by atoms with Crippen LogP contribution in [0.3, 0.4) is 0 Å². The molecule has 1 saturated heterocycles. The zero-order valence-corrected chi connectivity index (χ0v) is 11.1. The Kier molecular flexibility index (Phi) is 3.81. The summed E-state index contributed by atoms with van der Waals surface area (Å²) in [4.78, 5) is 0. The first-order valence-electron chi connectivity index (χ1n) is 7.11. The van der Waals surface area contributed by atoms with Gasteiger partial charge in [0.15, 0.2) is 0 Å². The number of aliphatic hydroxyl groups excluding tert-OH is 1. The van der Waals surface area contributed by atoms with E-state index in [0.29, 0.717) is 6.42 Å². The molecule has 19 heavy (non-hydrogen) atoms. The third-order valence-corrected chi connectivity index (χ3v) is 3.92. The van der Waals surface area contributed by atoms with Crippen LogP contribution in [0.1, 0.15) is 37.4 Å². The van der Waals surface area contributed by atoms with E-state index in [9.17, 15) is 5.11 Å². The summed E-state index contributed by atoms with van der Waals surface area (Å²) in [6, 6.07) is 14.4. The summed E-state index contributed by atoms with van der Waals surface area (Å²) < 4.78 is 5.70. The van der Waals surface area contributed by atoms with Crippen molar-refractivity contribution in [2.24, 2.45) is 0 Å². The van der Waals surface area contributed by atoms with E-state index in [1.165, 1.54) is 17.2 Å². The van der Waals surface area contributed by atoms with Gasteiger partial charge in [-0.05, 0) is 41.7 Å². The molecule has 1 aliphatic heterocycles. The van der Waals surface area contributed by atoms with Crippen LogP contribution >= 0.6 is 0 Å². The summed E-state index contributed by atoms with van der Waals surface area (Å²) in [5.41, 5.74) is 0.993. The maximum absolute atomic E-state index is 10.4. The third kappa shape index (κ3) is 2.96. The first kappa shape index (κ1) is 12.6. The fraction of sp³-hybridized carbons (Fsp3) is 0.412. The normalized spacial score (nSPS) is 21.4. The largest absolute Gasteiger partial charge is 0.388 e. The zero-order chi connectivity index (χ0) is 13.1. The van der Waals surface area contributed by atoms with Crippen molar-refractivity contribution in [2.75, 3.05) is 6.61 Å². The first-order valence-corrected chi connectivity index (χ1v) is 7.11. The summed E-state index contributed by atoms with van der Waals surface area (Å²) in [6.45, 7) is 0.842. The van der Waals surface area contributed by atoms with E-state index >= 15 is 0 Å². The topological polar surface area (TPSA) is 29.5 Å². The Morgan fingerprint density at radius 2 is 1.95 bits per heavy atom. The van der Waals surface area contributed by atoms with Crippen molar-refractivity contribution in [1.82, 2.24) is 0 Å². The second kappa shape index (κ2) is 5.72. The van der Waals surface area contributed by atoms with Crippen LogP contribution in [0, 0.1) is 0 Å². The van der Waals surface area contributed by atoms with Gasteiger partial charge in [-0.25, -0.2) is 0 Å². The van der Waals surface area contributed by atoms with Gasteiger partial charge in [0, 0.05) is 13.0 Å². The van der Waals surface area contributed by atoms with Crippen LogP contribution in [-0.2, 0) is 4.74 Å². The van der Waals surface area contributed by atoms with Crippen molar-refractivity contribution >= 4 is 10.8 Å². The molecule has 100 valence electrons. The van der Waals surface area contributed by atoms with Crippen LogP contribution in [0.2, 0.25) is 0 Å². The van der Waals surface area contributed by atoms with Gasteiger partial charge >= 0.3 is 0 Å². The summed E-state index contributed by atoms with van der Waals surface area (Å²) in [5, 5.41) is 12.8. The van der Waals surface area contributed by atoms with Gasteiger partial charge in [0.25, 0.3) is 0 Å². The molecule has 0 saturated carbocycles. The van der Waals surface area contributed by atoms with Crippen molar-refractivity contribution in [2.45, 2.75) is 37.9 Å². The molecule has 0 bridgehead atoms. The Morgan fingerprint density at radius 1 is 1.11 bits per heavy atom. The number of aliphatic hydroxyl groups is 1. The minimum atomic E-state index is -0.423. The van der Waals surface area contributed by atoms with Crippen LogP contribution in [0.4, 0.5) is 0 Å². The number of benzene rings is 2. The van der Waals surface area contributed by atoms with E-state index in [-0.39, 0.29) is 6.10 Å². The van der Waals surface area contributed by atoms with Gasteiger partial charge in [0.2, 0.25) is 0 Å². The monoisotopic (exact) mass is 256 g/mol. The Morgan fingerprint density at radius 3 is 2.74 bits per heavy atom. The van der Waals surface area contributed by atoms with Crippen molar-refractivity contribution in [3.63, 3.8) is 0 Å². The Hall–Kier alpha value is -1.38. The molecule has 2 nitrogen and oxygen atoms in total. The summed E-state index contributed by atoms with van der Waals surface area (Å²) in [6.07, 6.45) is 3.95. The molecule has 2 aromatic carbocycles. The molecular weight excluding hydrogens is 236 g/mol. The zero-order valence-electron chi connectivity index (χ0n) is 11.1. The minimum Gasteiger partial charge on any atom is -0.388 e. The molecule has 0 radical (unpaired) electrons. The SMILES string of the molecule is OC(CC1CCCCO1)c1ccc2ccccc2c1. The van der Waals surface area contributed by atoms with Gasteiger partial charge < -0.3 is 9.84 Å². The molecule has 0 aromatic heterocycles. The van der Waals surface area contributed by atoms with Crippen molar-refractivity contribution in [3.05, 3.63) is 48.0 Å². The lowest BCUT2D eigenvalue weighted by atomic mass is 9.97. The molecule has 3 rings (SSSR count). The molecule has 2 unspecified atom stereocenters. The molecule has 1 aliphatic rings. The van der Waals surface area contributed by atoms with Crippen LogP contribution in [0.5, 0.6) is 0 Å². The fourth-order valence-corrected chi connectivity index (χ4v) is 2.79. The van der Waals surface area contributed by atoms with Gasteiger partial charge in [-0.1, -0.05) is 36.4 Å². The predicted octanol–water partition coefficient (Wildman–Crippen LogP) is 3.83. The first-order chi connectivity index (χ1) is 9.33. The van der Waals surface area contributed by atoms with Gasteiger partial charge in [-0.2, -0.15) is 0 Å². The molecule has 1 N–H and O–H groups in total. The van der Waals surface area contributed by atoms with Crippen LogP contribution < -0.4 is 0 Å². The highest BCUT2D eigenvalue weighted by molar-refractivity contribution is 5.83. The summed E-state index contributed by atoms with van der Waals surface area (Å²) in [7, 11) is 0. The van der Waals surface area contributed by atoms with Gasteiger partial charge in [0.05, 0.1) is 12.2 Å². The maximum atomic E-state index is 10.4. The Labute approximate surface area is 114 Å². The molecule has 0 spiro atoms. The van der Waals surface area contributed by atoms with Gasteiger partial charge in [-0.3, -0.25) is 0 Å². The molecular formula is C17H20O2. The quantitative estimate of drug-likeness (QED) is 0.904. The van der Waals surface area contributed by atoms with Crippen LogP contribution in [0.25, 0.3) is 10.8 Å². The van der Waals surface area contributed by atoms with E-state index in [1.807, 2.05) is 18.2 Å². The molecule has 2 aromatic rings. The fourth-order valence-electron chi connectivity index (χ4n) is 2.79. The van der Waals surface area contributed by atoms with E-state index < -0.39 is 6.10 Å². The Balaban J connectivity index is 1.75. The van der Waals surface area contributed by atoms with E-state index in [4.69, 9.17) is 4.74 Å². The Bertz CT molecular complexity index is 544. The van der Waals surface area contributed by atoms with E-state index in [0.717, 1.165) is 25.0 Å². The molecule has 2 heteroatoms. The lowest BCUT2D eigenvalue weighted by molar-refractivity contribution is -0.0155. The second-order valence-corrected chi connectivity index (χ2v) is 5.35. The molecule has 1 heterocycles. The number of ether oxygens (including phenoxy) is 1. The number of hydrogen-bond donors (Lipinski definition) is 1. The molecule has 1 fully saturated rings. The highest BCUT2D eigenvalue weighted by atomic mass is 16.5. The number of rotatable bonds is 3. The summed E-state index contributed by atoms with van der Waals surface area (Å²) in [5.74, 6) is 0. The third-order valence-electron chi connectivity index (χ3n) is 3.92. The number of hydrogen-bond acceptors (Lipinski definition) is 2. The van der Waals surface area contributed by atoms with Gasteiger partial charge in [-0.15, -0.1) is 0 Å². The molecule has 0 aliphatic carbocycles. The number of fused-ring (bicyclic) bond motifs is 1. The standard InChI is InChI=1S/C17H20O2/c18-17(12-16-7-3-4-10-19-16)15-9-8-13-5-1-2-6-14(13)11-15/h1-2,5-6,8-9,11,16-18H,3-4,7,10,12H2. The average molecular weight is 256 g/mol. The maximum Gasteiger partial charge on any atom is 0.0815 e. The van der Waals surface area contributed by atoms with E-state index in [2.05, 4.69) is 24.3 Å². The van der Waals surface area contributed by atoms with Gasteiger partial charge in [0.1, 0.15) is 0 Å². The lowest BCUT2D eigenvalue weighted by Crippen LogP contribution is -2.21. The molecule has 0 amide bonds. The highest BCUT2D eigenvalue weighted by Gasteiger charge is 2.19. The average Bonchev–Trinajstić information content (AvgIpc) is 2.48. The smallest absolute Gasteiger partial charge is 0.0815 e. The van der Waals surface area contributed by atoms with E-state index in [1.54, 1.807) is 0 Å². The lowest BCUT2D eigenvalue weighted by Gasteiger charge is -2.25. The van der Waals surface area contributed by atoms with Crippen LogP contribution in [0.15, 0.2) is 42.5 Å². The summed E-state index contributed by atoms with van der Waals surface area (Å²) >= 11 is 0. The van der Waals surface area contributed by atoms with Crippen molar-refractivity contribution in [1.29, 1.82) is 0 Å². The van der Waals surface area contributed by atoms with Crippen molar-refractivity contribution < 1.29 is 9.84 Å². The minimum absolute atomic E-state index is 0.218. The predicted molar refractivity (Wildman–Crippen MR) is 77.1 cm³/mol.